The first-order valence-electron chi connectivity index (χ1n) is 5.63. The third kappa shape index (κ3) is 2.95. The molecule has 96 valence electrons. The van der Waals surface area contributed by atoms with Crippen LogP contribution in [0.3, 0.4) is 0 Å². The predicted octanol–water partition coefficient (Wildman–Crippen LogP) is 3.24. The fourth-order valence-corrected chi connectivity index (χ4v) is 1.74. The van der Waals surface area contributed by atoms with Gasteiger partial charge in [0, 0.05) is 17.7 Å². The van der Waals surface area contributed by atoms with E-state index in [9.17, 15) is 10.1 Å². The molecular formula is C14H12N2O3. The molecule has 0 amide bonds. The molecule has 0 aliphatic rings. The summed E-state index contributed by atoms with van der Waals surface area (Å²) in [6.07, 6.45) is 1.61. The van der Waals surface area contributed by atoms with Crippen LogP contribution in [-0.2, 0) is 4.84 Å². The highest BCUT2D eigenvalue weighted by molar-refractivity contribution is 5.90. The fourth-order valence-electron chi connectivity index (χ4n) is 1.74. The summed E-state index contributed by atoms with van der Waals surface area (Å²) in [5.41, 5.74) is 2.80. The van der Waals surface area contributed by atoms with Crippen LogP contribution in [0.4, 0.5) is 5.69 Å². The average Bonchev–Trinajstić information content (AvgIpc) is 2.45. The Morgan fingerprint density at radius 1 is 1.16 bits per heavy atom. The number of rotatable bonds is 4. The van der Waals surface area contributed by atoms with Crippen LogP contribution in [-0.4, -0.2) is 18.2 Å². The molecule has 0 saturated carbocycles. The van der Waals surface area contributed by atoms with Gasteiger partial charge in [-0.2, -0.15) is 0 Å². The third-order valence-electron chi connectivity index (χ3n) is 2.65. The van der Waals surface area contributed by atoms with E-state index in [1.54, 1.807) is 18.3 Å². The van der Waals surface area contributed by atoms with Gasteiger partial charge in [0.1, 0.15) is 7.11 Å². The summed E-state index contributed by atoms with van der Waals surface area (Å²) < 4.78 is 0. The zero-order chi connectivity index (χ0) is 13.7. The largest absolute Gasteiger partial charge is 0.399 e. The molecule has 0 aliphatic carbocycles. The number of benzene rings is 2. The molecule has 0 atom stereocenters. The maximum Gasteiger partial charge on any atom is 0.269 e. The minimum absolute atomic E-state index is 0.0757. The SMILES string of the molecule is CO/N=C/c1ccccc1-c1ccc([N+](=O)[O-])cc1. The van der Waals surface area contributed by atoms with Gasteiger partial charge < -0.3 is 4.84 Å². The van der Waals surface area contributed by atoms with Crippen molar-refractivity contribution in [3.63, 3.8) is 0 Å². The van der Waals surface area contributed by atoms with E-state index in [0.717, 1.165) is 16.7 Å². The second-order valence-electron chi connectivity index (χ2n) is 3.81. The standard InChI is InChI=1S/C14H12N2O3/c1-19-15-10-12-4-2-3-5-14(12)11-6-8-13(9-7-11)16(17)18/h2-10H,1H3/b15-10+. The van der Waals surface area contributed by atoms with Gasteiger partial charge in [-0.05, 0) is 23.3 Å². The van der Waals surface area contributed by atoms with E-state index in [4.69, 9.17) is 0 Å². The Morgan fingerprint density at radius 3 is 2.47 bits per heavy atom. The molecule has 0 unspecified atom stereocenters. The molecule has 0 fully saturated rings. The predicted molar refractivity (Wildman–Crippen MR) is 73.1 cm³/mol. The van der Waals surface area contributed by atoms with E-state index in [2.05, 4.69) is 9.99 Å². The molecule has 0 radical (unpaired) electrons. The normalized spacial score (nSPS) is 10.6. The van der Waals surface area contributed by atoms with Crippen LogP contribution < -0.4 is 0 Å². The van der Waals surface area contributed by atoms with Crippen LogP contribution in [0.15, 0.2) is 53.7 Å². The van der Waals surface area contributed by atoms with E-state index in [0.29, 0.717) is 0 Å². The Bertz CT molecular complexity index is 606. The average molecular weight is 256 g/mol. The van der Waals surface area contributed by atoms with Crippen molar-refractivity contribution >= 4 is 11.9 Å². The molecule has 5 heteroatoms. The summed E-state index contributed by atoms with van der Waals surface area (Å²) >= 11 is 0. The van der Waals surface area contributed by atoms with Crippen molar-refractivity contribution in [1.29, 1.82) is 0 Å². The number of hydrogen-bond acceptors (Lipinski definition) is 4. The number of non-ortho nitro benzene ring substituents is 1. The van der Waals surface area contributed by atoms with Gasteiger partial charge in [0.15, 0.2) is 0 Å². The Balaban J connectivity index is 2.41. The van der Waals surface area contributed by atoms with Gasteiger partial charge in [-0.3, -0.25) is 10.1 Å². The van der Waals surface area contributed by atoms with Crippen molar-refractivity contribution in [3.8, 4) is 11.1 Å². The van der Waals surface area contributed by atoms with Gasteiger partial charge in [0.05, 0.1) is 11.1 Å². The van der Waals surface area contributed by atoms with Crippen LogP contribution in [0, 0.1) is 10.1 Å². The molecule has 0 bridgehead atoms. The Hall–Kier alpha value is -2.69. The highest BCUT2D eigenvalue weighted by Crippen LogP contribution is 2.24. The van der Waals surface area contributed by atoms with E-state index in [1.165, 1.54) is 19.2 Å². The van der Waals surface area contributed by atoms with Crippen LogP contribution >= 0.6 is 0 Å². The van der Waals surface area contributed by atoms with Crippen LogP contribution in [0.1, 0.15) is 5.56 Å². The minimum atomic E-state index is -0.415. The van der Waals surface area contributed by atoms with E-state index >= 15 is 0 Å². The van der Waals surface area contributed by atoms with Crippen molar-refractivity contribution < 1.29 is 9.76 Å². The third-order valence-corrected chi connectivity index (χ3v) is 2.65. The summed E-state index contributed by atoms with van der Waals surface area (Å²) in [6.45, 7) is 0. The molecule has 5 nitrogen and oxygen atoms in total. The summed E-state index contributed by atoms with van der Waals surface area (Å²) in [7, 11) is 1.48. The topological polar surface area (TPSA) is 64.7 Å². The first kappa shape index (κ1) is 12.8. The lowest BCUT2D eigenvalue weighted by Gasteiger charge is -2.05. The Morgan fingerprint density at radius 2 is 1.84 bits per heavy atom. The van der Waals surface area contributed by atoms with Gasteiger partial charge in [-0.1, -0.05) is 29.4 Å². The Labute approximate surface area is 110 Å². The van der Waals surface area contributed by atoms with Crippen LogP contribution in [0.5, 0.6) is 0 Å². The zero-order valence-electron chi connectivity index (χ0n) is 10.3. The first-order chi connectivity index (χ1) is 9.22. The van der Waals surface area contributed by atoms with Crippen molar-refractivity contribution in [2.24, 2.45) is 5.16 Å². The van der Waals surface area contributed by atoms with Crippen molar-refractivity contribution in [3.05, 3.63) is 64.2 Å². The fraction of sp³-hybridized carbons (Fsp3) is 0.0714. The highest BCUT2D eigenvalue weighted by Gasteiger charge is 2.07. The molecule has 0 aliphatic heterocycles. The van der Waals surface area contributed by atoms with Crippen molar-refractivity contribution in [2.75, 3.05) is 7.11 Å². The number of nitrogens with zero attached hydrogens (tertiary/aromatic N) is 2. The number of oxime groups is 1. The second-order valence-corrected chi connectivity index (χ2v) is 3.81. The summed E-state index contributed by atoms with van der Waals surface area (Å²) in [5.74, 6) is 0. The molecule has 2 aromatic carbocycles. The smallest absolute Gasteiger partial charge is 0.269 e. The van der Waals surface area contributed by atoms with Crippen molar-refractivity contribution in [2.45, 2.75) is 0 Å². The molecule has 0 heterocycles. The number of nitro groups is 1. The van der Waals surface area contributed by atoms with Gasteiger partial charge >= 0.3 is 0 Å². The lowest BCUT2D eigenvalue weighted by atomic mass is 10.0. The van der Waals surface area contributed by atoms with Crippen molar-refractivity contribution in [1.82, 2.24) is 0 Å². The van der Waals surface area contributed by atoms with Gasteiger partial charge in [-0.15, -0.1) is 0 Å². The monoisotopic (exact) mass is 256 g/mol. The lowest BCUT2D eigenvalue weighted by Crippen LogP contribution is -1.90. The minimum Gasteiger partial charge on any atom is -0.399 e. The summed E-state index contributed by atoms with van der Waals surface area (Å²) in [4.78, 5) is 14.9. The number of nitro benzene ring substituents is 1. The van der Waals surface area contributed by atoms with E-state index in [-0.39, 0.29) is 5.69 Å². The summed E-state index contributed by atoms with van der Waals surface area (Å²) in [6, 6.07) is 14.0. The molecule has 0 spiro atoms. The Kier molecular flexibility index (Phi) is 3.87. The van der Waals surface area contributed by atoms with Gasteiger partial charge in [0.2, 0.25) is 0 Å². The molecule has 0 saturated heterocycles. The molecular weight excluding hydrogens is 244 g/mol. The van der Waals surface area contributed by atoms with Gasteiger partial charge in [0.25, 0.3) is 5.69 Å². The highest BCUT2D eigenvalue weighted by atomic mass is 16.6. The maximum absolute atomic E-state index is 10.6. The first-order valence-corrected chi connectivity index (χ1v) is 5.63. The van der Waals surface area contributed by atoms with E-state index in [1.807, 2.05) is 24.3 Å². The molecule has 0 aromatic heterocycles. The van der Waals surface area contributed by atoms with Crippen LogP contribution in [0.2, 0.25) is 0 Å². The molecule has 0 N–H and O–H groups in total. The molecule has 19 heavy (non-hydrogen) atoms. The zero-order valence-corrected chi connectivity index (χ0v) is 10.3. The van der Waals surface area contributed by atoms with E-state index < -0.39 is 4.92 Å². The molecule has 2 rings (SSSR count). The number of hydrogen-bond donors (Lipinski definition) is 0. The summed E-state index contributed by atoms with van der Waals surface area (Å²) in [5, 5.41) is 14.4. The second kappa shape index (κ2) is 5.77. The lowest BCUT2D eigenvalue weighted by molar-refractivity contribution is -0.384. The maximum atomic E-state index is 10.6. The molecule has 2 aromatic rings. The van der Waals surface area contributed by atoms with Crippen LogP contribution in [0.25, 0.3) is 11.1 Å². The quantitative estimate of drug-likeness (QED) is 0.479. The van der Waals surface area contributed by atoms with Gasteiger partial charge in [-0.25, -0.2) is 0 Å².